The summed E-state index contributed by atoms with van der Waals surface area (Å²) in [5, 5.41) is 3.75. The van der Waals surface area contributed by atoms with E-state index < -0.39 is 0 Å². The molecule has 0 spiro atoms. The van der Waals surface area contributed by atoms with Crippen LogP contribution in [0.2, 0.25) is 0 Å². The summed E-state index contributed by atoms with van der Waals surface area (Å²) in [5.41, 5.74) is 1.36. The standard InChI is InChI=1S/C19H29NO/c1-3-10-21-18-8-5-15(6-9-18)13-20-14(2)19-12-16-4-7-17(19)11-16/h5-6,8-9,14,16-17,19-20H,3-4,7,10-13H2,1-2H3. The van der Waals surface area contributed by atoms with E-state index in [0.29, 0.717) is 6.04 Å². The summed E-state index contributed by atoms with van der Waals surface area (Å²) in [5.74, 6) is 3.94. The van der Waals surface area contributed by atoms with Crippen molar-refractivity contribution in [3.63, 3.8) is 0 Å². The molecule has 4 unspecified atom stereocenters. The molecule has 2 saturated carbocycles. The summed E-state index contributed by atoms with van der Waals surface area (Å²) in [6.07, 6.45) is 6.99. The molecule has 0 aromatic heterocycles. The van der Waals surface area contributed by atoms with Gasteiger partial charge in [0.25, 0.3) is 0 Å². The Labute approximate surface area is 129 Å². The molecule has 0 saturated heterocycles. The molecule has 3 rings (SSSR count). The maximum atomic E-state index is 5.63. The third-order valence-corrected chi connectivity index (χ3v) is 5.46. The van der Waals surface area contributed by atoms with Crippen LogP contribution >= 0.6 is 0 Å². The maximum absolute atomic E-state index is 5.63. The van der Waals surface area contributed by atoms with Gasteiger partial charge in [-0.3, -0.25) is 0 Å². The van der Waals surface area contributed by atoms with Crippen molar-refractivity contribution in [3.05, 3.63) is 29.8 Å². The lowest BCUT2D eigenvalue weighted by Gasteiger charge is -2.28. The van der Waals surface area contributed by atoms with Gasteiger partial charge in [-0.25, -0.2) is 0 Å². The topological polar surface area (TPSA) is 21.3 Å². The van der Waals surface area contributed by atoms with Crippen LogP contribution in [0.15, 0.2) is 24.3 Å². The average molecular weight is 287 g/mol. The second-order valence-electron chi connectivity index (χ2n) is 7.00. The summed E-state index contributed by atoms with van der Waals surface area (Å²) < 4.78 is 5.63. The second kappa shape index (κ2) is 6.83. The van der Waals surface area contributed by atoms with Crippen LogP contribution in [-0.2, 0) is 6.54 Å². The van der Waals surface area contributed by atoms with Gasteiger partial charge in [0, 0.05) is 12.6 Å². The zero-order valence-electron chi connectivity index (χ0n) is 13.5. The molecular formula is C19H29NO. The molecule has 116 valence electrons. The number of rotatable bonds is 7. The number of benzene rings is 1. The molecule has 2 nitrogen and oxygen atoms in total. The van der Waals surface area contributed by atoms with Crippen LogP contribution in [0.1, 0.15) is 51.5 Å². The molecule has 0 heterocycles. The largest absolute Gasteiger partial charge is 0.494 e. The molecule has 2 aliphatic carbocycles. The van der Waals surface area contributed by atoms with Gasteiger partial charge in [0.15, 0.2) is 0 Å². The molecule has 4 atom stereocenters. The van der Waals surface area contributed by atoms with Gasteiger partial charge in [-0.2, -0.15) is 0 Å². The molecule has 1 N–H and O–H groups in total. The Balaban J connectivity index is 1.46. The lowest BCUT2D eigenvalue weighted by molar-refractivity contribution is 0.259. The van der Waals surface area contributed by atoms with Gasteiger partial charge in [0.1, 0.15) is 5.75 Å². The summed E-state index contributed by atoms with van der Waals surface area (Å²) in [4.78, 5) is 0. The molecule has 0 radical (unpaired) electrons. The van der Waals surface area contributed by atoms with Crippen molar-refractivity contribution in [2.24, 2.45) is 17.8 Å². The number of fused-ring (bicyclic) bond motifs is 2. The molecule has 1 aromatic rings. The van der Waals surface area contributed by atoms with Crippen molar-refractivity contribution in [1.29, 1.82) is 0 Å². The SMILES string of the molecule is CCCOc1ccc(CNC(C)C2CC3CCC2C3)cc1. The highest BCUT2D eigenvalue weighted by atomic mass is 16.5. The van der Waals surface area contributed by atoms with Crippen LogP contribution in [0.25, 0.3) is 0 Å². The number of nitrogens with one attached hydrogen (secondary N) is 1. The van der Waals surface area contributed by atoms with E-state index in [2.05, 4.69) is 43.4 Å². The minimum atomic E-state index is 0.649. The molecule has 2 heteroatoms. The van der Waals surface area contributed by atoms with Crippen molar-refractivity contribution in [3.8, 4) is 5.75 Å². The smallest absolute Gasteiger partial charge is 0.119 e. The fourth-order valence-electron chi connectivity index (χ4n) is 4.26. The zero-order valence-corrected chi connectivity index (χ0v) is 13.5. The lowest BCUT2D eigenvalue weighted by Crippen LogP contribution is -2.35. The fourth-order valence-corrected chi connectivity index (χ4v) is 4.26. The molecular weight excluding hydrogens is 258 g/mol. The third kappa shape index (κ3) is 3.60. The normalized spacial score (nSPS) is 28.8. The van der Waals surface area contributed by atoms with Crippen LogP contribution in [0.5, 0.6) is 5.75 Å². The predicted octanol–water partition coefficient (Wildman–Crippen LogP) is 4.39. The van der Waals surface area contributed by atoms with Crippen molar-refractivity contribution < 1.29 is 4.74 Å². The predicted molar refractivity (Wildman–Crippen MR) is 87.5 cm³/mol. The van der Waals surface area contributed by atoms with E-state index in [9.17, 15) is 0 Å². The molecule has 2 aliphatic rings. The van der Waals surface area contributed by atoms with Gasteiger partial charge in [0.05, 0.1) is 6.61 Å². The second-order valence-corrected chi connectivity index (χ2v) is 7.00. The van der Waals surface area contributed by atoms with Gasteiger partial charge in [0.2, 0.25) is 0 Å². The maximum Gasteiger partial charge on any atom is 0.119 e. The highest BCUT2D eigenvalue weighted by Gasteiger charge is 2.41. The van der Waals surface area contributed by atoms with Gasteiger partial charge in [-0.05, 0) is 68.1 Å². The first-order chi connectivity index (χ1) is 10.3. The Kier molecular flexibility index (Phi) is 4.84. The van der Waals surface area contributed by atoms with Gasteiger partial charge >= 0.3 is 0 Å². The van der Waals surface area contributed by atoms with Gasteiger partial charge in [-0.15, -0.1) is 0 Å². The highest BCUT2D eigenvalue weighted by molar-refractivity contribution is 5.27. The zero-order chi connectivity index (χ0) is 14.7. The van der Waals surface area contributed by atoms with Crippen molar-refractivity contribution >= 4 is 0 Å². The minimum absolute atomic E-state index is 0.649. The lowest BCUT2D eigenvalue weighted by atomic mass is 9.84. The summed E-state index contributed by atoms with van der Waals surface area (Å²) in [7, 11) is 0. The Morgan fingerprint density at radius 1 is 1.19 bits per heavy atom. The third-order valence-electron chi connectivity index (χ3n) is 5.46. The fraction of sp³-hybridized carbons (Fsp3) is 0.684. The first kappa shape index (κ1) is 14.9. The van der Waals surface area contributed by atoms with Gasteiger partial charge < -0.3 is 10.1 Å². The number of hydrogen-bond donors (Lipinski definition) is 1. The molecule has 2 fully saturated rings. The summed E-state index contributed by atoms with van der Waals surface area (Å²) in [6, 6.07) is 9.21. The first-order valence-corrected chi connectivity index (χ1v) is 8.71. The van der Waals surface area contributed by atoms with Gasteiger partial charge in [-0.1, -0.05) is 25.5 Å². The van der Waals surface area contributed by atoms with Crippen LogP contribution in [0.4, 0.5) is 0 Å². The van der Waals surface area contributed by atoms with Crippen molar-refractivity contribution in [2.75, 3.05) is 6.61 Å². The van der Waals surface area contributed by atoms with E-state index in [4.69, 9.17) is 4.74 Å². The Hall–Kier alpha value is -1.02. The minimum Gasteiger partial charge on any atom is -0.494 e. The number of hydrogen-bond acceptors (Lipinski definition) is 2. The van der Waals surface area contributed by atoms with Crippen molar-refractivity contribution in [1.82, 2.24) is 5.32 Å². The first-order valence-electron chi connectivity index (χ1n) is 8.71. The van der Waals surface area contributed by atoms with Crippen molar-refractivity contribution in [2.45, 2.75) is 58.5 Å². The molecule has 2 bridgehead atoms. The van der Waals surface area contributed by atoms with Crippen LogP contribution in [0, 0.1) is 17.8 Å². The van der Waals surface area contributed by atoms with Crippen LogP contribution in [0.3, 0.4) is 0 Å². The molecule has 0 aliphatic heterocycles. The van der Waals surface area contributed by atoms with E-state index in [-0.39, 0.29) is 0 Å². The Morgan fingerprint density at radius 2 is 2.00 bits per heavy atom. The van der Waals surface area contributed by atoms with E-state index in [1.54, 1.807) is 0 Å². The van der Waals surface area contributed by atoms with E-state index in [1.807, 2.05) is 0 Å². The van der Waals surface area contributed by atoms with E-state index in [1.165, 1.54) is 31.2 Å². The quantitative estimate of drug-likeness (QED) is 0.803. The van der Waals surface area contributed by atoms with Crippen LogP contribution in [-0.4, -0.2) is 12.6 Å². The van der Waals surface area contributed by atoms with E-state index >= 15 is 0 Å². The molecule has 0 amide bonds. The van der Waals surface area contributed by atoms with E-state index in [0.717, 1.165) is 43.1 Å². The average Bonchev–Trinajstić information content (AvgIpc) is 3.14. The monoisotopic (exact) mass is 287 g/mol. The molecule has 21 heavy (non-hydrogen) atoms. The Morgan fingerprint density at radius 3 is 2.62 bits per heavy atom. The summed E-state index contributed by atoms with van der Waals surface area (Å²) >= 11 is 0. The summed E-state index contributed by atoms with van der Waals surface area (Å²) in [6.45, 7) is 6.29. The Bertz CT molecular complexity index is 441. The molecule has 1 aromatic carbocycles. The van der Waals surface area contributed by atoms with Crippen LogP contribution < -0.4 is 10.1 Å². The highest BCUT2D eigenvalue weighted by Crippen LogP contribution is 2.49. The number of ether oxygens (including phenoxy) is 1.